The number of fused-ring (bicyclic) bond motifs is 1. The van der Waals surface area contributed by atoms with Gasteiger partial charge in [-0.3, -0.25) is 0 Å². The third-order valence-corrected chi connectivity index (χ3v) is 6.04. The fourth-order valence-electron chi connectivity index (χ4n) is 2.85. The summed E-state index contributed by atoms with van der Waals surface area (Å²) in [5, 5.41) is 0. The van der Waals surface area contributed by atoms with Gasteiger partial charge in [0.05, 0.1) is 0 Å². The van der Waals surface area contributed by atoms with Crippen molar-refractivity contribution >= 4 is 35.6 Å². The van der Waals surface area contributed by atoms with Gasteiger partial charge in [-0.1, -0.05) is 0 Å². The van der Waals surface area contributed by atoms with Crippen LogP contribution in [0.3, 0.4) is 0 Å². The molecule has 140 valence electrons. The molecule has 3 rings (SSSR count). The van der Waals surface area contributed by atoms with E-state index in [0.717, 1.165) is 17.7 Å². The number of hydrogen-bond acceptors (Lipinski definition) is 3. The van der Waals surface area contributed by atoms with Crippen LogP contribution in [-0.4, -0.2) is 30.3 Å². The summed E-state index contributed by atoms with van der Waals surface area (Å²) in [6, 6.07) is 12.8. The number of methoxy groups -OCH3 is 1. The molecule has 1 atom stereocenters. The summed E-state index contributed by atoms with van der Waals surface area (Å²) in [6.45, 7) is 2.54. The second-order valence-electron chi connectivity index (χ2n) is 5.79. The molecule has 7 heteroatoms. The first-order chi connectivity index (χ1) is 12.5. The van der Waals surface area contributed by atoms with Crippen LogP contribution in [0.2, 0.25) is 0 Å². The number of anilines is 1. The number of ether oxygens (including phenoxy) is 2. The van der Waals surface area contributed by atoms with E-state index in [9.17, 15) is 4.79 Å². The van der Waals surface area contributed by atoms with E-state index in [2.05, 4.69) is 0 Å². The molecule has 0 fully saturated rings. The van der Waals surface area contributed by atoms with Crippen LogP contribution in [0.15, 0.2) is 42.5 Å². The first-order valence-corrected chi connectivity index (χ1v) is 13.6. The molecule has 1 aliphatic heterocycles. The summed E-state index contributed by atoms with van der Waals surface area (Å²) in [4.78, 5) is 14.9. The number of carbonyl (C=O) groups is 1. The van der Waals surface area contributed by atoms with Crippen LogP contribution < -0.4 is 14.4 Å². The third-order valence-electron chi connectivity index (χ3n) is 4.21. The van der Waals surface area contributed by atoms with Crippen LogP contribution in [0.4, 0.5) is 5.69 Å². The molecule has 0 spiro atoms. The topological polar surface area (TPSA) is 38.8 Å². The second kappa shape index (κ2) is 8.52. The normalized spacial score (nSPS) is 16.4. The summed E-state index contributed by atoms with van der Waals surface area (Å²) in [5.41, 5.74) is 2.19. The number of benzene rings is 2. The molecule has 4 nitrogen and oxygen atoms in total. The van der Waals surface area contributed by atoms with Crippen molar-refractivity contribution in [2.75, 3.05) is 18.6 Å². The van der Waals surface area contributed by atoms with E-state index in [4.69, 9.17) is 28.9 Å². The van der Waals surface area contributed by atoms with Gasteiger partial charge in [-0.25, -0.2) is 0 Å². The molecular formula is C19H19Cl2NO3Ru. The van der Waals surface area contributed by atoms with E-state index >= 15 is 0 Å². The Balaban J connectivity index is 2.02. The molecule has 26 heavy (non-hydrogen) atoms. The molecule has 2 aromatic carbocycles. The van der Waals surface area contributed by atoms with Crippen LogP contribution in [0, 0.1) is 0 Å². The van der Waals surface area contributed by atoms with Crippen molar-refractivity contribution in [1.82, 2.24) is 0 Å². The SMILES string of the molecule is CCC1CN(C(=O)c2ccc(OC)cc2)c2cccc([CH]=[Ru]([Cl])[Cl])c2O1. The second-order valence-corrected chi connectivity index (χ2v) is 11.5. The molecule has 0 radical (unpaired) electrons. The molecule has 2 aromatic rings. The Bertz CT molecular complexity index is 835. The van der Waals surface area contributed by atoms with E-state index in [1.165, 1.54) is 0 Å². The van der Waals surface area contributed by atoms with Crippen molar-refractivity contribution in [2.24, 2.45) is 0 Å². The van der Waals surface area contributed by atoms with E-state index < -0.39 is 13.5 Å². The average molecular weight is 481 g/mol. The molecule has 1 heterocycles. The summed E-state index contributed by atoms with van der Waals surface area (Å²) in [6.07, 6.45) is 0.717. The van der Waals surface area contributed by atoms with Gasteiger partial charge in [0.25, 0.3) is 0 Å². The molecule has 0 aromatic heterocycles. The molecule has 1 unspecified atom stereocenters. The van der Waals surface area contributed by atoms with E-state index in [1.807, 2.05) is 29.7 Å². The molecule has 0 bridgehead atoms. The quantitative estimate of drug-likeness (QED) is 0.600. The minimum absolute atomic E-state index is 0.0706. The predicted molar refractivity (Wildman–Crippen MR) is 103 cm³/mol. The molecule has 0 saturated heterocycles. The Morgan fingerprint density at radius 3 is 2.65 bits per heavy atom. The number of carbonyl (C=O) groups excluding carboxylic acids is 1. The number of amides is 1. The fraction of sp³-hybridized carbons (Fsp3) is 0.263. The van der Waals surface area contributed by atoms with Crippen LogP contribution in [0.25, 0.3) is 0 Å². The van der Waals surface area contributed by atoms with Gasteiger partial charge in [0.1, 0.15) is 0 Å². The zero-order valence-electron chi connectivity index (χ0n) is 14.4. The monoisotopic (exact) mass is 481 g/mol. The fourth-order valence-corrected chi connectivity index (χ4v) is 4.63. The summed E-state index contributed by atoms with van der Waals surface area (Å²) in [5.74, 6) is 1.32. The Morgan fingerprint density at radius 1 is 1.31 bits per heavy atom. The van der Waals surface area contributed by atoms with Gasteiger partial charge in [-0.15, -0.1) is 0 Å². The van der Waals surface area contributed by atoms with Gasteiger partial charge in [-0.05, 0) is 0 Å². The zero-order chi connectivity index (χ0) is 18.7. The third kappa shape index (κ3) is 4.11. The van der Waals surface area contributed by atoms with E-state index in [-0.39, 0.29) is 12.0 Å². The van der Waals surface area contributed by atoms with Crippen LogP contribution in [-0.2, 0) is 13.5 Å². The van der Waals surface area contributed by atoms with Crippen molar-refractivity contribution in [1.29, 1.82) is 0 Å². The van der Waals surface area contributed by atoms with Crippen LogP contribution >= 0.6 is 19.4 Å². The van der Waals surface area contributed by atoms with Crippen LogP contribution in [0.5, 0.6) is 11.5 Å². The Hall–Kier alpha value is -1.42. The van der Waals surface area contributed by atoms with E-state index in [0.29, 0.717) is 23.6 Å². The maximum atomic E-state index is 13.1. The maximum absolute atomic E-state index is 13.1. The first-order valence-electron chi connectivity index (χ1n) is 8.12. The number of rotatable bonds is 4. The van der Waals surface area contributed by atoms with Crippen molar-refractivity contribution in [3.8, 4) is 11.5 Å². The summed E-state index contributed by atoms with van der Waals surface area (Å²) >= 11 is -2.01. The van der Waals surface area contributed by atoms with Gasteiger partial charge in [0.2, 0.25) is 0 Å². The van der Waals surface area contributed by atoms with Crippen molar-refractivity contribution in [2.45, 2.75) is 19.4 Å². The number of para-hydroxylation sites is 1. The number of hydrogen-bond donors (Lipinski definition) is 0. The van der Waals surface area contributed by atoms with Crippen LogP contribution in [0.1, 0.15) is 29.3 Å². The summed E-state index contributed by atoms with van der Waals surface area (Å²) in [7, 11) is 13.7. The Kier molecular flexibility index (Phi) is 6.34. The molecular weight excluding hydrogens is 462 g/mol. The average Bonchev–Trinajstić information content (AvgIpc) is 2.66. The van der Waals surface area contributed by atoms with Gasteiger partial charge < -0.3 is 0 Å². The van der Waals surface area contributed by atoms with Gasteiger partial charge in [0, 0.05) is 0 Å². The molecule has 0 aliphatic carbocycles. The number of nitrogens with zero attached hydrogens (tertiary/aromatic N) is 1. The minimum atomic E-state index is -2.01. The molecule has 0 N–H and O–H groups in total. The molecule has 0 saturated carbocycles. The van der Waals surface area contributed by atoms with Gasteiger partial charge in [-0.2, -0.15) is 0 Å². The van der Waals surface area contributed by atoms with Gasteiger partial charge >= 0.3 is 166 Å². The summed E-state index contributed by atoms with van der Waals surface area (Å²) < 4.78 is 13.1. The first kappa shape index (κ1) is 19.3. The van der Waals surface area contributed by atoms with Gasteiger partial charge in [0.15, 0.2) is 0 Å². The number of halogens is 2. The van der Waals surface area contributed by atoms with Crippen molar-refractivity contribution < 1.29 is 27.8 Å². The Morgan fingerprint density at radius 2 is 2.04 bits per heavy atom. The van der Waals surface area contributed by atoms with E-state index in [1.54, 1.807) is 36.3 Å². The zero-order valence-corrected chi connectivity index (χ0v) is 17.6. The molecule has 1 amide bonds. The molecule has 1 aliphatic rings. The van der Waals surface area contributed by atoms with Crippen molar-refractivity contribution in [3.63, 3.8) is 0 Å². The standard InChI is InChI=1S/C19H19NO3.2ClH.Ru/c1-4-15-12-20(17-7-5-6-13(2)18(17)23-15)19(21)14-8-10-16(22-3)11-9-14;;;/h2,5-11,15H,4,12H2,1,3H3;2*1H;/q;;;+2/p-2. The Labute approximate surface area is 166 Å². The predicted octanol–water partition coefficient (Wildman–Crippen LogP) is 4.59. The van der Waals surface area contributed by atoms with Crippen molar-refractivity contribution in [3.05, 3.63) is 53.6 Å².